The molecule has 0 radical (unpaired) electrons. The van der Waals surface area contributed by atoms with Crippen LogP contribution in [0.5, 0.6) is 0 Å². The first-order valence-corrected chi connectivity index (χ1v) is 6.89. The topological polar surface area (TPSA) is 48.7 Å². The fourth-order valence-corrected chi connectivity index (χ4v) is 2.41. The molecule has 1 aliphatic heterocycles. The average Bonchev–Trinajstić information content (AvgIpc) is 2.92. The molecule has 1 aliphatic rings. The van der Waals surface area contributed by atoms with Crippen molar-refractivity contribution in [2.75, 3.05) is 33.7 Å². The van der Waals surface area contributed by atoms with Crippen LogP contribution in [0.1, 0.15) is 18.6 Å². The number of nitrogens with zero attached hydrogens (tertiary/aromatic N) is 2. The molecule has 0 atom stereocenters. The monoisotopic (exact) mass is 265 g/mol. The first-order chi connectivity index (χ1) is 9.16. The Balaban J connectivity index is 1.65. The molecule has 2 rings (SSSR count). The molecule has 5 heteroatoms. The summed E-state index contributed by atoms with van der Waals surface area (Å²) in [6.45, 7) is 2.62. The summed E-state index contributed by atoms with van der Waals surface area (Å²) in [5.41, 5.74) is 0. The minimum atomic E-state index is 0.119. The van der Waals surface area contributed by atoms with E-state index < -0.39 is 0 Å². The lowest BCUT2D eigenvalue weighted by atomic mass is 10.1. The first-order valence-electron chi connectivity index (χ1n) is 6.89. The van der Waals surface area contributed by atoms with Gasteiger partial charge in [-0.15, -0.1) is 0 Å². The van der Waals surface area contributed by atoms with Crippen LogP contribution in [0.3, 0.4) is 0 Å². The van der Waals surface area contributed by atoms with Crippen LogP contribution in [0.2, 0.25) is 0 Å². The summed E-state index contributed by atoms with van der Waals surface area (Å²) in [6.07, 6.45) is 4.68. The minimum Gasteiger partial charge on any atom is -0.469 e. The third-order valence-electron chi connectivity index (χ3n) is 3.53. The van der Waals surface area contributed by atoms with Gasteiger partial charge in [0.2, 0.25) is 0 Å². The van der Waals surface area contributed by atoms with E-state index in [2.05, 4.69) is 5.32 Å². The van der Waals surface area contributed by atoms with Gasteiger partial charge in [0.15, 0.2) is 0 Å². The van der Waals surface area contributed by atoms with E-state index in [9.17, 15) is 4.79 Å². The van der Waals surface area contributed by atoms with Crippen LogP contribution in [-0.2, 0) is 6.42 Å². The third-order valence-corrected chi connectivity index (χ3v) is 3.53. The molecule has 0 aliphatic carbocycles. The molecule has 0 bridgehead atoms. The molecule has 1 N–H and O–H groups in total. The zero-order chi connectivity index (χ0) is 13.7. The molecule has 0 spiro atoms. The lowest BCUT2D eigenvalue weighted by molar-refractivity contribution is 0.152. The second kappa shape index (κ2) is 6.61. The summed E-state index contributed by atoms with van der Waals surface area (Å²) in [5, 5.41) is 3.54. The van der Waals surface area contributed by atoms with Crippen molar-refractivity contribution in [3.05, 3.63) is 24.2 Å². The second-order valence-electron chi connectivity index (χ2n) is 5.22. The Morgan fingerprint density at radius 2 is 2.21 bits per heavy atom. The molecule has 1 aromatic rings. The van der Waals surface area contributed by atoms with Gasteiger partial charge in [-0.3, -0.25) is 0 Å². The Labute approximate surface area is 114 Å². The molecule has 0 aromatic carbocycles. The number of furan rings is 1. The van der Waals surface area contributed by atoms with Gasteiger partial charge >= 0.3 is 6.03 Å². The number of piperidine rings is 1. The summed E-state index contributed by atoms with van der Waals surface area (Å²) >= 11 is 0. The normalized spacial score (nSPS) is 16.6. The van der Waals surface area contributed by atoms with Crippen LogP contribution in [0.4, 0.5) is 4.79 Å². The number of amides is 2. The van der Waals surface area contributed by atoms with Crippen molar-refractivity contribution in [3.8, 4) is 0 Å². The van der Waals surface area contributed by atoms with E-state index in [1.807, 2.05) is 17.0 Å². The molecular weight excluding hydrogens is 242 g/mol. The number of hydrogen-bond acceptors (Lipinski definition) is 3. The maximum Gasteiger partial charge on any atom is 0.319 e. The first kappa shape index (κ1) is 13.9. The zero-order valence-electron chi connectivity index (χ0n) is 11.8. The van der Waals surface area contributed by atoms with Gasteiger partial charge in [0.25, 0.3) is 0 Å². The van der Waals surface area contributed by atoms with Gasteiger partial charge in [-0.05, 0) is 25.0 Å². The van der Waals surface area contributed by atoms with Gasteiger partial charge in [0, 0.05) is 46.2 Å². The van der Waals surface area contributed by atoms with Gasteiger partial charge in [0.1, 0.15) is 5.76 Å². The number of carbonyl (C=O) groups is 1. The smallest absolute Gasteiger partial charge is 0.319 e. The average molecular weight is 265 g/mol. The van der Waals surface area contributed by atoms with Crippen molar-refractivity contribution in [1.29, 1.82) is 0 Å². The van der Waals surface area contributed by atoms with Gasteiger partial charge < -0.3 is 19.5 Å². The molecular formula is C14H23N3O2. The SMILES string of the molecule is CN(C)C(=O)N1CCC(NCCc2ccco2)CC1. The van der Waals surface area contributed by atoms with E-state index >= 15 is 0 Å². The van der Waals surface area contributed by atoms with Gasteiger partial charge in [-0.2, -0.15) is 0 Å². The molecule has 1 saturated heterocycles. The zero-order valence-corrected chi connectivity index (χ0v) is 11.8. The van der Waals surface area contributed by atoms with Crippen molar-refractivity contribution in [2.45, 2.75) is 25.3 Å². The van der Waals surface area contributed by atoms with E-state index in [0.717, 1.165) is 44.7 Å². The van der Waals surface area contributed by atoms with E-state index in [0.29, 0.717) is 6.04 Å². The Hall–Kier alpha value is -1.49. The second-order valence-corrected chi connectivity index (χ2v) is 5.22. The van der Waals surface area contributed by atoms with Crippen LogP contribution >= 0.6 is 0 Å². The number of urea groups is 1. The number of rotatable bonds is 4. The summed E-state index contributed by atoms with van der Waals surface area (Å²) in [7, 11) is 3.60. The van der Waals surface area contributed by atoms with E-state index in [-0.39, 0.29) is 6.03 Å². The molecule has 1 fully saturated rings. The van der Waals surface area contributed by atoms with Crippen molar-refractivity contribution in [2.24, 2.45) is 0 Å². The number of likely N-dealkylation sites (tertiary alicyclic amines) is 1. The Bertz CT molecular complexity index is 381. The van der Waals surface area contributed by atoms with Gasteiger partial charge in [0.05, 0.1) is 6.26 Å². The van der Waals surface area contributed by atoms with Crippen molar-refractivity contribution < 1.29 is 9.21 Å². The molecule has 2 amide bonds. The van der Waals surface area contributed by atoms with E-state index in [1.165, 1.54) is 0 Å². The highest BCUT2D eigenvalue weighted by atomic mass is 16.3. The molecule has 2 heterocycles. The molecule has 5 nitrogen and oxygen atoms in total. The van der Waals surface area contributed by atoms with Gasteiger partial charge in [-0.25, -0.2) is 4.79 Å². The maximum atomic E-state index is 11.8. The molecule has 1 aromatic heterocycles. The fourth-order valence-electron chi connectivity index (χ4n) is 2.41. The highest BCUT2D eigenvalue weighted by molar-refractivity contribution is 5.73. The van der Waals surface area contributed by atoms with Crippen LogP contribution in [0, 0.1) is 0 Å². The summed E-state index contributed by atoms with van der Waals surface area (Å²) in [4.78, 5) is 15.4. The third kappa shape index (κ3) is 3.99. The summed E-state index contributed by atoms with van der Waals surface area (Å²) in [5.74, 6) is 1.02. The fraction of sp³-hybridized carbons (Fsp3) is 0.643. The Kier molecular flexibility index (Phi) is 4.85. The van der Waals surface area contributed by atoms with Crippen LogP contribution in [0.15, 0.2) is 22.8 Å². The number of carbonyl (C=O) groups excluding carboxylic acids is 1. The summed E-state index contributed by atoms with van der Waals surface area (Å²) in [6, 6.07) is 4.55. The number of hydrogen-bond donors (Lipinski definition) is 1. The molecule has 0 unspecified atom stereocenters. The van der Waals surface area contributed by atoms with Crippen LogP contribution < -0.4 is 5.32 Å². The molecule has 19 heavy (non-hydrogen) atoms. The largest absolute Gasteiger partial charge is 0.469 e. The maximum absolute atomic E-state index is 11.8. The lowest BCUT2D eigenvalue weighted by Crippen LogP contribution is -2.48. The predicted octanol–water partition coefficient (Wildman–Crippen LogP) is 1.56. The summed E-state index contributed by atoms with van der Waals surface area (Å²) < 4.78 is 5.30. The predicted molar refractivity (Wildman–Crippen MR) is 74.1 cm³/mol. The van der Waals surface area contributed by atoms with Crippen molar-refractivity contribution >= 4 is 6.03 Å². The molecule has 0 saturated carbocycles. The van der Waals surface area contributed by atoms with Crippen molar-refractivity contribution in [1.82, 2.24) is 15.1 Å². The van der Waals surface area contributed by atoms with E-state index in [4.69, 9.17) is 4.42 Å². The standard InChI is InChI=1S/C14H23N3O2/c1-16(2)14(18)17-9-6-12(7-10-17)15-8-5-13-4-3-11-19-13/h3-4,11-12,15H,5-10H2,1-2H3. The van der Waals surface area contributed by atoms with Crippen LogP contribution in [-0.4, -0.2) is 55.6 Å². The Morgan fingerprint density at radius 1 is 1.47 bits per heavy atom. The molecule has 106 valence electrons. The Morgan fingerprint density at radius 3 is 2.79 bits per heavy atom. The highest BCUT2D eigenvalue weighted by Crippen LogP contribution is 2.11. The highest BCUT2D eigenvalue weighted by Gasteiger charge is 2.23. The number of nitrogens with one attached hydrogen (secondary N) is 1. The quantitative estimate of drug-likeness (QED) is 0.898. The van der Waals surface area contributed by atoms with E-state index in [1.54, 1.807) is 25.3 Å². The minimum absolute atomic E-state index is 0.119. The van der Waals surface area contributed by atoms with Crippen molar-refractivity contribution in [3.63, 3.8) is 0 Å². The van der Waals surface area contributed by atoms with Crippen LogP contribution in [0.25, 0.3) is 0 Å². The van der Waals surface area contributed by atoms with Gasteiger partial charge in [-0.1, -0.05) is 0 Å². The lowest BCUT2D eigenvalue weighted by Gasteiger charge is -2.34.